The highest BCUT2D eigenvalue weighted by molar-refractivity contribution is 5.68. The number of rotatable bonds is 6. The van der Waals surface area contributed by atoms with Crippen LogP contribution in [0.4, 0.5) is 0 Å². The second-order valence-corrected chi connectivity index (χ2v) is 13.6. The Labute approximate surface area is 254 Å². The Kier molecular flexibility index (Phi) is 8.18. The fraction of sp³-hybridized carbons (Fsp3) is 0.719. The molecule has 13 atom stereocenters. The Bertz CT molecular complexity index is 1340. The molecule has 0 spiro atoms. The first-order valence-electron chi connectivity index (χ1n) is 15.5. The lowest BCUT2D eigenvalue weighted by molar-refractivity contribution is -0.308. The number of hydrogen-bond donors (Lipinski definition) is 5. The number of allylic oxidation sites excluding steroid dienone is 1. The van der Waals surface area contributed by atoms with Crippen LogP contribution in [-0.4, -0.2) is 92.9 Å². The normalized spacial score (nSPS) is 46.7. The van der Waals surface area contributed by atoms with E-state index in [1.54, 1.807) is 6.07 Å². The average molecular weight is 619 g/mol. The molecule has 0 amide bonds. The molecule has 5 aliphatic rings. The van der Waals surface area contributed by atoms with Crippen molar-refractivity contribution < 1.29 is 53.7 Å². The number of fused-ring (bicyclic) bond motifs is 5. The largest absolute Gasteiger partial charge is 0.462 e. The van der Waals surface area contributed by atoms with Gasteiger partial charge in [-0.05, 0) is 62.0 Å². The van der Waals surface area contributed by atoms with Gasteiger partial charge in [-0.3, -0.25) is 4.79 Å². The van der Waals surface area contributed by atoms with E-state index in [1.807, 2.05) is 13.0 Å². The molecule has 4 aliphatic carbocycles. The molecular weight excluding hydrogens is 576 g/mol. The Morgan fingerprint density at radius 3 is 2.52 bits per heavy atom. The van der Waals surface area contributed by atoms with E-state index in [0.717, 1.165) is 11.9 Å². The third-order valence-corrected chi connectivity index (χ3v) is 11.6. The Morgan fingerprint density at radius 1 is 1.09 bits per heavy atom. The SMILES string of the molecule is CC(=O)O[C@@H]1C[C@]2(O)[C@@H]3CCC4=C[C@@H](O[C@@H]5O[C@H](CO)[C@@H](O)[C@H](O)[C@H]5O)CC[C@]4(C=O)[C@H]3CC[C@]2(C)[C@H]1c1ccc(=O)oc1. The van der Waals surface area contributed by atoms with Gasteiger partial charge in [0.05, 0.1) is 30.0 Å². The third-order valence-electron chi connectivity index (χ3n) is 11.6. The molecule has 3 saturated carbocycles. The smallest absolute Gasteiger partial charge is 0.335 e. The average Bonchev–Trinajstić information content (AvgIpc) is 3.23. The molecule has 4 fully saturated rings. The quantitative estimate of drug-likeness (QED) is 0.171. The zero-order valence-electron chi connectivity index (χ0n) is 24.9. The van der Waals surface area contributed by atoms with Gasteiger partial charge in [-0.2, -0.15) is 0 Å². The molecule has 12 nitrogen and oxygen atoms in total. The summed E-state index contributed by atoms with van der Waals surface area (Å²) >= 11 is 0. The van der Waals surface area contributed by atoms with Crippen LogP contribution in [0.15, 0.2) is 39.3 Å². The van der Waals surface area contributed by atoms with Gasteiger partial charge >= 0.3 is 11.6 Å². The predicted molar refractivity (Wildman–Crippen MR) is 151 cm³/mol. The van der Waals surface area contributed by atoms with Crippen LogP contribution < -0.4 is 5.63 Å². The van der Waals surface area contributed by atoms with E-state index in [-0.39, 0.29) is 18.3 Å². The predicted octanol–water partition coefficient (Wildman–Crippen LogP) is 0.707. The molecule has 12 heteroatoms. The number of carbonyl (C=O) groups is 2. The number of aldehydes is 1. The first kappa shape index (κ1) is 31.5. The van der Waals surface area contributed by atoms with Gasteiger partial charge in [0.15, 0.2) is 6.29 Å². The van der Waals surface area contributed by atoms with Crippen molar-refractivity contribution in [3.63, 3.8) is 0 Å². The van der Waals surface area contributed by atoms with Crippen molar-refractivity contribution in [3.8, 4) is 0 Å². The molecule has 6 rings (SSSR count). The minimum atomic E-state index is -1.55. The van der Waals surface area contributed by atoms with Gasteiger partial charge in [0.2, 0.25) is 0 Å². The summed E-state index contributed by atoms with van der Waals surface area (Å²) in [7, 11) is 0. The van der Waals surface area contributed by atoms with E-state index in [1.165, 1.54) is 19.3 Å². The first-order chi connectivity index (χ1) is 20.9. The number of hydrogen-bond acceptors (Lipinski definition) is 12. The fourth-order valence-corrected chi connectivity index (χ4v) is 9.52. The van der Waals surface area contributed by atoms with Crippen LogP contribution >= 0.6 is 0 Å². The minimum absolute atomic E-state index is 0.170. The van der Waals surface area contributed by atoms with Crippen molar-refractivity contribution in [1.82, 2.24) is 0 Å². The van der Waals surface area contributed by atoms with E-state index < -0.39 is 83.5 Å². The lowest BCUT2D eigenvalue weighted by Gasteiger charge is -2.61. The van der Waals surface area contributed by atoms with Crippen molar-refractivity contribution in [2.45, 2.75) is 113 Å². The maximum Gasteiger partial charge on any atom is 0.335 e. The number of ether oxygens (including phenoxy) is 3. The van der Waals surface area contributed by atoms with Crippen LogP contribution in [0.3, 0.4) is 0 Å². The lowest BCUT2D eigenvalue weighted by Crippen LogP contribution is -2.61. The number of esters is 1. The Balaban J connectivity index is 1.28. The molecule has 1 aromatic rings. The van der Waals surface area contributed by atoms with Gasteiger partial charge in [0.25, 0.3) is 0 Å². The molecule has 0 bridgehead atoms. The molecule has 2 heterocycles. The number of aliphatic hydroxyl groups is 5. The summed E-state index contributed by atoms with van der Waals surface area (Å²) < 4.78 is 22.5. The maximum absolute atomic E-state index is 13.1. The van der Waals surface area contributed by atoms with E-state index >= 15 is 0 Å². The summed E-state index contributed by atoms with van der Waals surface area (Å²) in [5.74, 6) is -1.30. The maximum atomic E-state index is 13.1. The Hall–Kier alpha value is -2.45. The zero-order chi connectivity index (χ0) is 31.6. The molecule has 0 aromatic carbocycles. The van der Waals surface area contributed by atoms with Gasteiger partial charge in [0.1, 0.15) is 36.8 Å². The lowest BCUT2D eigenvalue weighted by atomic mass is 9.45. The minimum Gasteiger partial charge on any atom is -0.462 e. The van der Waals surface area contributed by atoms with E-state index in [4.69, 9.17) is 18.6 Å². The molecule has 242 valence electrons. The number of carbonyl (C=O) groups excluding carboxylic acids is 2. The molecule has 0 radical (unpaired) electrons. The fourth-order valence-electron chi connectivity index (χ4n) is 9.52. The van der Waals surface area contributed by atoms with Crippen LogP contribution in [-0.2, 0) is 23.8 Å². The van der Waals surface area contributed by atoms with Crippen molar-refractivity contribution in [2.24, 2.45) is 22.7 Å². The Morgan fingerprint density at radius 2 is 1.86 bits per heavy atom. The highest BCUT2D eigenvalue weighted by Crippen LogP contribution is 2.70. The third kappa shape index (κ3) is 4.72. The van der Waals surface area contributed by atoms with Crippen molar-refractivity contribution in [2.75, 3.05) is 6.61 Å². The van der Waals surface area contributed by atoms with Gasteiger partial charge in [-0.25, -0.2) is 4.79 Å². The van der Waals surface area contributed by atoms with Crippen molar-refractivity contribution in [3.05, 3.63) is 46.0 Å². The second-order valence-electron chi connectivity index (χ2n) is 13.6. The highest BCUT2D eigenvalue weighted by Gasteiger charge is 2.70. The summed E-state index contributed by atoms with van der Waals surface area (Å²) in [6.07, 6.45) is -0.449. The molecule has 44 heavy (non-hydrogen) atoms. The zero-order valence-corrected chi connectivity index (χ0v) is 24.9. The van der Waals surface area contributed by atoms with Crippen LogP contribution in [0.1, 0.15) is 70.3 Å². The second kappa shape index (κ2) is 11.4. The van der Waals surface area contributed by atoms with Crippen molar-refractivity contribution in [1.29, 1.82) is 0 Å². The van der Waals surface area contributed by atoms with Crippen LogP contribution in [0.5, 0.6) is 0 Å². The van der Waals surface area contributed by atoms with E-state index in [2.05, 4.69) is 0 Å². The highest BCUT2D eigenvalue weighted by atomic mass is 16.7. The van der Waals surface area contributed by atoms with Crippen LogP contribution in [0, 0.1) is 22.7 Å². The van der Waals surface area contributed by atoms with Gasteiger partial charge < -0.3 is 49.0 Å². The molecule has 5 N–H and O–H groups in total. The molecule has 1 aliphatic heterocycles. The summed E-state index contributed by atoms with van der Waals surface area (Å²) in [4.78, 5) is 36.9. The molecule has 1 aromatic heterocycles. The van der Waals surface area contributed by atoms with E-state index in [0.29, 0.717) is 44.1 Å². The first-order valence-corrected chi connectivity index (χ1v) is 15.5. The topological polar surface area (TPSA) is 193 Å². The standard InChI is InChI=1S/C32H42O12/c1-16(35)42-22-12-32(40)21-5-4-18-11-19(43-29-28(39)27(38)26(37)23(13-33)44-29)7-10-31(18,15-34)20(21)8-9-30(32,2)25(22)17-3-6-24(36)41-14-17/h3,6,11,14-15,19-23,25-29,33,37-40H,4-5,7-10,12-13H2,1-2H3/t19-,20-,21+,22+,23+,25-,26+,27-,28+,29+,30+,31+,32-/m0/s1. The van der Waals surface area contributed by atoms with Crippen molar-refractivity contribution >= 4 is 12.3 Å². The monoisotopic (exact) mass is 618 g/mol. The number of aliphatic hydroxyl groups excluding tert-OH is 4. The molecule has 1 saturated heterocycles. The van der Waals surface area contributed by atoms with Crippen LogP contribution in [0.25, 0.3) is 0 Å². The van der Waals surface area contributed by atoms with Gasteiger partial charge in [0, 0.05) is 30.7 Å². The summed E-state index contributed by atoms with van der Waals surface area (Å²) in [5, 5.41) is 53.0. The summed E-state index contributed by atoms with van der Waals surface area (Å²) in [6.45, 7) is 2.78. The van der Waals surface area contributed by atoms with Crippen LogP contribution in [0.2, 0.25) is 0 Å². The van der Waals surface area contributed by atoms with E-state index in [9.17, 15) is 39.9 Å². The summed E-state index contributed by atoms with van der Waals surface area (Å²) in [5.41, 5.74) is -1.72. The van der Waals surface area contributed by atoms with Gasteiger partial charge in [-0.1, -0.05) is 18.6 Å². The van der Waals surface area contributed by atoms with Gasteiger partial charge in [-0.15, -0.1) is 0 Å². The molecular formula is C32H42O12. The molecule has 0 unspecified atom stereocenters. The summed E-state index contributed by atoms with van der Waals surface area (Å²) in [6, 6.07) is 3.00.